The van der Waals surface area contributed by atoms with Gasteiger partial charge in [-0.15, -0.1) is 0 Å². The summed E-state index contributed by atoms with van der Waals surface area (Å²) >= 11 is 5.83. The fourth-order valence-electron chi connectivity index (χ4n) is 2.23. The Kier molecular flexibility index (Phi) is 6.23. The average molecular weight is 361 g/mol. The molecule has 128 valence electrons. The highest BCUT2D eigenvalue weighted by Gasteiger charge is 2.25. The molecule has 1 heterocycles. The Hall–Kier alpha value is -1.35. The smallest absolute Gasteiger partial charge is 0.319 e. The molecular formula is C14H21ClN4O3S. The maximum absolute atomic E-state index is 12.2. The van der Waals surface area contributed by atoms with Crippen molar-refractivity contribution >= 4 is 33.3 Å². The second-order valence-corrected chi connectivity index (χ2v) is 7.93. The number of carbonyl (C=O) groups is 1. The highest BCUT2D eigenvalue weighted by Crippen LogP contribution is 2.14. The van der Waals surface area contributed by atoms with Crippen LogP contribution in [0, 0.1) is 0 Å². The van der Waals surface area contributed by atoms with E-state index in [1.165, 1.54) is 4.31 Å². The van der Waals surface area contributed by atoms with Crippen molar-refractivity contribution < 1.29 is 13.2 Å². The molecule has 0 radical (unpaired) electrons. The minimum atomic E-state index is -3.34. The molecule has 0 unspecified atom stereocenters. The molecule has 1 saturated heterocycles. The van der Waals surface area contributed by atoms with Gasteiger partial charge in [0.25, 0.3) is 0 Å². The molecule has 0 aliphatic carbocycles. The van der Waals surface area contributed by atoms with Gasteiger partial charge in [-0.25, -0.2) is 13.2 Å². The van der Waals surface area contributed by atoms with Crippen molar-refractivity contribution in [1.82, 2.24) is 14.5 Å². The Balaban J connectivity index is 1.76. The summed E-state index contributed by atoms with van der Waals surface area (Å²) in [7, 11) is -1.37. The maximum atomic E-state index is 12.2. The minimum absolute atomic E-state index is 0.0566. The lowest BCUT2D eigenvalue weighted by atomic mass is 10.3. The third-order valence-electron chi connectivity index (χ3n) is 3.58. The number of carbonyl (C=O) groups excluding carboxylic acids is 1. The third kappa shape index (κ3) is 5.65. The first kappa shape index (κ1) is 18.0. The monoisotopic (exact) mass is 360 g/mol. The minimum Gasteiger partial charge on any atom is -0.337 e. The van der Waals surface area contributed by atoms with Crippen molar-refractivity contribution in [3.05, 3.63) is 29.3 Å². The lowest BCUT2D eigenvalue weighted by Crippen LogP contribution is -2.48. The van der Waals surface area contributed by atoms with Crippen molar-refractivity contribution in [2.45, 2.75) is 0 Å². The number of amides is 2. The van der Waals surface area contributed by atoms with Crippen molar-refractivity contribution in [2.24, 2.45) is 0 Å². The van der Waals surface area contributed by atoms with Gasteiger partial charge in [0.2, 0.25) is 10.0 Å². The van der Waals surface area contributed by atoms with Crippen LogP contribution in [0.5, 0.6) is 0 Å². The van der Waals surface area contributed by atoms with Crippen LogP contribution in [0.15, 0.2) is 24.3 Å². The molecule has 1 aromatic rings. The summed E-state index contributed by atoms with van der Waals surface area (Å²) in [6, 6.07) is 6.28. The van der Waals surface area contributed by atoms with Gasteiger partial charge in [0.1, 0.15) is 0 Å². The predicted molar refractivity (Wildman–Crippen MR) is 91.3 cm³/mol. The largest absolute Gasteiger partial charge is 0.337 e. The Morgan fingerprint density at radius 3 is 2.61 bits per heavy atom. The van der Waals surface area contributed by atoms with E-state index in [1.54, 1.807) is 24.3 Å². The molecular weight excluding hydrogens is 340 g/mol. The van der Waals surface area contributed by atoms with E-state index < -0.39 is 16.1 Å². The van der Waals surface area contributed by atoms with E-state index in [1.807, 2.05) is 7.05 Å². The number of likely N-dealkylation sites (N-methyl/N-ethyl adjacent to an activating group) is 1. The Morgan fingerprint density at radius 2 is 1.96 bits per heavy atom. The lowest BCUT2D eigenvalue weighted by molar-refractivity contribution is 0.222. The zero-order chi connectivity index (χ0) is 16.9. The van der Waals surface area contributed by atoms with E-state index in [-0.39, 0.29) is 12.3 Å². The maximum Gasteiger partial charge on any atom is 0.319 e. The van der Waals surface area contributed by atoms with E-state index in [0.29, 0.717) is 23.8 Å². The van der Waals surface area contributed by atoms with Gasteiger partial charge in [-0.05, 0) is 25.2 Å². The Labute approximate surface area is 141 Å². The molecule has 0 bridgehead atoms. The zero-order valence-electron chi connectivity index (χ0n) is 13.0. The molecule has 0 saturated carbocycles. The number of anilines is 1. The van der Waals surface area contributed by atoms with Gasteiger partial charge in [-0.2, -0.15) is 4.31 Å². The molecule has 9 heteroatoms. The number of hydrogen-bond donors (Lipinski definition) is 2. The topological polar surface area (TPSA) is 81.8 Å². The molecule has 0 atom stereocenters. The molecule has 1 aliphatic rings. The van der Waals surface area contributed by atoms with Crippen LogP contribution in [0.25, 0.3) is 0 Å². The summed E-state index contributed by atoms with van der Waals surface area (Å²) in [4.78, 5) is 13.8. The quantitative estimate of drug-likeness (QED) is 0.822. The number of sulfonamides is 1. The van der Waals surface area contributed by atoms with Crippen LogP contribution in [0.3, 0.4) is 0 Å². The number of hydrogen-bond acceptors (Lipinski definition) is 4. The van der Waals surface area contributed by atoms with Crippen LogP contribution in [-0.4, -0.2) is 69.2 Å². The number of halogens is 1. The summed E-state index contributed by atoms with van der Waals surface area (Å²) in [6.07, 6.45) is 0. The van der Waals surface area contributed by atoms with Crippen LogP contribution in [-0.2, 0) is 10.0 Å². The molecule has 23 heavy (non-hydrogen) atoms. The summed E-state index contributed by atoms with van der Waals surface area (Å²) in [5.74, 6) is -0.111. The molecule has 0 aromatic heterocycles. The second kappa shape index (κ2) is 7.96. The van der Waals surface area contributed by atoms with Crippen molar-refractivity contribution in [3.63, 3.8) is 0 Å². The highest BCUT2D eigenvalue weighted by atomic mass is 35.5. The normalized spacial score (nSPS) is 17.0. The van der Waals surface area contributed by atoms with Gasteiger partial charge >= 0.3 is 6.03 Å². The summed E-state index contributed by atoms with van der Waals surface area (Å²) in [5.41, 5.74) is 0.553. The second-order valence-electron chi connectivity index (χ2n) is 5.41. The predicted octanol–water partition coefficient (Wildman–Crippen LogP) is 1.04. The van der Waals surface area contributed by atoms with Gasteiger partial charge in [0.05, 0.1) is 5.75 Å². The van der Waals surface area contributed by atoms with E-state index in [9.17, 15) is 13.2 Å². The van der Waals surface area contributed by atoms with Gasteiger partial charge in [-0.1, -0.05) is 17.7 Å². The van der Waals surface area contributed by atoms with Gasteiger partial charge in [-0.3, -0.25) is 0 Å². The molecule has 1 aliphatic heterocycles. The fourth-order valence-corrected chi connectivity index (χ4v) is 3.76. The van der Waals surface area contributed by atoms with E-state index in [2.05, 4.69) is 15.5 Å². The van der Waals surface area contributed by atoms with Crippen molar-refractivity contribution in [3.8, 4) is 0 Å². The fraction of sp³-hybridized carbons (Fsp3) is 0.500. The van der Waals surface area contributed by atoms with Crippen LogP contribution in [0.1, 0.15) is 0 Å². The molecule has 1 fully saturated rings. The average Bonchev–Trinajstić information content (AvgIpc) is 2.47. The zero-order valence-corrected chi connectivity index (χ0v) is 14.5. The van der Waals surface area contributed by atoms with E-state index in [0.717, 1.165) is 13.1 Å². The number of piperazine rings is 1. The molecule has 2 amide bonds. The summed E-state index contributed by atoms with van der Waals surface area (Å²) in [5, 5.41) is 5.66. The van der Waals surface area contributed by atoms with Gasteiger partial charge in [0.15, 0.2) is 0 Å². The van der Waals surface area contributed by atoms with Crippen LogP contribution in [0.4, 0.5) is 10.5 Å². The highest BCUT2D eigenvalue weighted by molar-refractivity contribution is 7.89. The molecule has 2 N–H and O–H groups in total. The summed E-state index contributed by atoms with van der Waals surface area (Å²) in [6.45, 7) is 2.49. The summed E-state index contributed by atoms with van der Waals surface area (Å²) < 4.78 is 25.9. The van der Waals surface area contributed by atoms with Crippen LogP contribution in [0.2, 0.25) is 5.02 Å². The number of nitrogens with zero attached hydrogens (tertiary/aromatic N) is 2. The molecule has 1 aromatic carbocycles. The third-order valence-corrected chi connectivity index (χ3v) is 5.69. The molecule has 7 nitrogen and oxygen atoms in total. The standard InChI is InChI=1S/C14H21ClN4O3S/c1-18-6-8-19(9-7-18)23(21,22)10-5-16-14(20)17-13-4-2-3-12(15)11-13/h2-4,11H,5-10H2,1H3,(H2,16,17,20). The molecule has 2 rings (SSSR count). The number of nitrogens with one attached hydrogen (secondary N) is 2. The van der Waals surface area contributed by atoms with Crippen LogP contribution >= 0.6 is 11.6 Å². The van der Waals surface area contributed by atoms with E-state index in [4.69, 9.17) is 11.6 Å². The van der Waals surface area contributed by atoms with Gasteiger partial charge in [0, 0.05) is 43.4 Å². The number of benzene rings is 1. The first-order valence-corrected chi connectivity index (χ1v) is 9.32. The first-order valence-electron chi connectivity index (χ1n) is 7.33. The lowest BCUT2D eigenvalue weighted by Gasteiger charge is -2.31. The number of rotatable bonds is 5. The Bertz CT molecular complexity index is 645. The SMILES string of the molecule is CN1CCN(S(=O)(=O)CCNC(=O)Nc2cccc(Cl)c2)CC1. The first-order chi connectivity index (χ1) is 10.9. The van der Waals surface area contributed by atoms with Crippen molar-refractivity contribution in [1.29, 1.82) is 0 Å². The van der Waals surface area contributed by atoms with Gasteiger partial charge < -0.3 is 15.5 Å². The van der Waals surface area contributed by atoms with Crippen LogP contribution < -0.4 is 10.6 Å². The molecule has 0 spiro atoms. The van der Waals surface area contributed by atoms with E-state index >= 15 is 0 Å². The number of urea groups is 1. The van der Waals surface area contributed by atoms with Crippen molar-refractivity contribution in [2.75, 3.05) is 50.8 Å². The Morgan fingerprint density at radius 1 is 1.26 bits per heavy atom.